The average Bonchev–Trinajstić information content (AvgIpc) is 3.01. The maximum atomic E-state index is 12.8. The van der Waals surface area contributed by atoms with E-state index >= 15 is 0 Å². The average molecular weight is 329 g/mol. The lowest BCUT2D eigenvalue weighted by Gasteiger charge is -2.18. The molecule has 0 aromatic heterocycles. The van der Waals surface area contributed by atoms with Crippen LogP contribution in [0.15, 0.2) is 66.7 Å². The summed E-state index contributed by atoms with van der Waals surface area (Å²) < 4.78 is 0. The van der Waals surface area contributed by atoms with Gasteiger partial charge in [-0.15, -0.1) is 0 Å². The predicted molar refractivity (Wildman–Crippen MR) is 98.6 cm³/mol. The Morgan fingerprint density at radius 3 is 2.48 bits per heavy atom. The van der Waals surface area contributed by atoms with Crippen molar-refractivity contribution >= 4 is 5.91 Å². The molecule has 3 aromatic rings. The number of phenolic OH excluding ortho intramolecular Hbond substituents is 1. The van der Waals surface area contributed by atoms with Crippen molar-refractivity contribution in [3.05, 3.63) is 89.0 Å². The van der Waals surface area contributed by atoms with E-state index in [2.05, 4.69) is 24.3 Å². The lowest BCUT2D eigenvalue weighted by Crippen LogP contribution is -2.26. The molecule has 25 heavy (non-hydrogen) atoms. The Balaban J connectivity index is 1.58. The lowest BCUT2D eigenvalue weighted by molar-refractivity contribution is 0.0785. The van der Waals surface area contributed by atoms with Crippen molar-refractivity contribution in [1.82, 2.24) is 4.90 Å². The largest absolute Gasteiger partial charge is 0.508 e. The third-order valence-electron chi connectivity index (χ3n) is 4.75. The van der Waals surface area contributed by atoms with E-state index in [-0.39, 0.29) is 11.7 Å². The minimum Gasteiger partial charge on any atom is -0.508 e. The SMILES string of the molecule is CN(Cc1ccc(O)cc1)C(=O)c1ccc2c(c1)-c1ccccc1C2. The summed E-state index contributed by atoms with van der Waals surface area (Å²) in [5.74, 6) is 0.232. The number of rotatable bonds is 3. The Bertz CT molecular complexity index is 944. The van der Waals surface area contributed by atoms with E-state index in [0.717, 1.165) is 12.0 Å². The Morgan fingerprint density at radius 2 is 1.68 bits per heavy atom. The highest BCUT2D eigenvalue weighted by Gasteiger charge is 2.20. The summed E-state index contributed by atoms with van der Waals surface area (Å²) in [7, 11) is 1.80. The summed E-state index contributed by atoms with van der Waals surface area (Å²) in [5, 5.41) is 9.37. The van der Waals surface area contributed by atoms with Crippen LogP contribution in [0.4, 0.5) is 0 Å². The number of hydrogen-bond acceptors (Lipinski definition) is 2. The number of phenols is 1. The zero-order chi connectivity index (χ0) is 17.4. The first-order valence-electron chi connectivity index (χ1n) is 8.36. The van der Waals surface area contributed by atoms with Gasteiger partial charge >= 0.3 is 0 Å². The lowest BCUT2D eigenvalue weighted by atomic mass is 10.0. The van der Waals surface area contributed by atoms with Crippen LogP contribution in [0.2, 0.25) is 0 Å². The monoisotopic (exact) mass is 329 g/mol. The van der Waals surface area contributed by atoms with Gasteiger partial charge in [-0.3, -0.25) is 4.79 Å². The molecule has 1 amide bonds. The van der Waals surface area contributed by atoms with Crippen LogP contribution in [0.25, 0.3) is 11.1 Å². The van der Waals surface area contributed by atoms with Crippen LogP contribution in [-0.2, 0) is 13.0 Å². The van der Waals surface area contributed by atoms with E-state index in [4.69, 9.17) is 0 Å². The van der Waals surface area contributed by atoms with E-state index < -0.39 is 0 Å². The minimum atomic E-state index is 0.000237. The molecule has 124 valence electrons. The number of benzene rings is 3. The summed E-state index contributed by atoms with van der Waals surface area (Å²) in [6.45, 7) is 0.507. The second-order valence-electron chi connectivity index (χ2n) is 6.53. The molecule has 0 spiro atoms. The third kappa shape index (κ3) is 2.89. The van der Waals surface area contributed by atoms with E-state index in [1.165, 1.54) is 22.3 Å². The van der Waals surface area contributed by atoms with Gasteiger partial charge < -0.3 is 10.0 Å². The van der Waals surface area contributed by atoms with Crippen molar-refractivity contribution in [2.24, 2.45) is 0 Å². The van der Waals surface area contributed by atoms with Crippen molar-refractivity contribution in [3.8, 4) is 16.9 Å². The molecule has 0 atom stereocenters. The molecule has 1 aliphatic carbocycles. The highest BCUT2D eigenvalue weighted by atomic mass is 16.3. The summed E-state index contributed by atoms with van der Waals surface area (Å²) in [6, 6.07) is 21.3. The normalized spacial score (nSPS) is 11.7. The second-order valence-corrected chi connectivity index (χ2v) is 6.53. The van der Waals surface area contributed by atoms with Crippen LogP contribution in [0.1, 0.15) is 27.0 Å². The molecular weight excluding hydrogens is 310 g/mol. The number of carbonyl (C=O) groups excluding carboxylic acids is 1. The van der Waals surface area contributed by atoms with Crippen LogP contribution in [0.3, 0.4) is 0 Å². The topological polar surface area (TPSA) is 40.5 Å². The molecule has 4 rings (SSSR count). The zero-order valence-electron chi connectivity index (χ0n) is 14.1. The van der Waals surface area contributed by atoms with Gasteiger partial charge in [0.1, 0.15) is 5.75 Å². The molecule has 0 saturated heterocycles. The van der Waals surface area contributed by atoms with E-state index in [1.54, 1.807) is 24.1 Å². The van der Waals surface area contributed by atoms with Gasteiger partial charge in [0, 0.05) is 19.2 Å². The zero-order valence-corrected chi connectivity index (χ0v) is 14.1. The van der Waals surface area contributed by atoms with Gasteiger partial charge in [-0.25, -0.2) is 0 Å². The fourth-order valence-electron chi connectivity index (χ4n) is 3.42. The number of carbonyl (C=O) groups is 1. The van der Waals surface area contributed by atoms with E-state index in [1.807, 2.05) is 30.3 Å². The fourth-order valence-corrected chi connectivity index (χ4v) is 3.42. The van der Waals surface area contributed by atoms with Gasteiger partial charge in [0.15, 0.2) is 0 Å². The molecule has 0 heterocycles. The molecule has 1 N–H and O–H groups in total. The number of nitrogens with zero attached hydrogens (tertiary/aromatic N) is 1. The summed E-state index contributed by atoms with van der Waals surface area (Å²) in [4.78, 5) is 14.5. The Kier molecular flexibility index (Phi) is 3.77. The predicted octanol–water partition coefficient (Wildman–Crippen LogP) is 4.24. The van der Waals surface area contributed by atoms with Gasteiger partial charge in [0.05, 0.1) is 0 Å². The Morgan fingerprint density at radius 1 is 0.960 bits per heavy atom. The Hall–Kier alpha value is -3.07. The number of hydrogen-bond donors (Lipinski definition) is 1. The van der Waals surface area contributed by atoms with Crippen molar-refractivity contribution in [2.75, 3.05) is 7.05 Å². The van der Waals surface area contributed by atoms with E-state index in [0.29, 0.717) is 12.1 Å². The summed E-state index contributed by atoms with van der Waals surface area (Å²) in [6.07, 6.45) is 0.934. The van der Waals surface area contributed by atoms with Gasteiger partial charge in [0.2, 0.25) is 0 Å². The summed E-state index contributed by atoms with van der Waals surface area (Å²) in [5.41, 5.74) is 6.68. The quantitative estimate of drug-likeness (QED) is 0.611. The van der Waals surface area contributed by atoms with Gasteiger partial charge in [-0.1, -0.05) is 42.5 Å². The van der Waals surface area contributed by atoms with Crippen LogP contribution >= 0.6 is 0 Å². The number of amides is 1. The maximum absolute atomic E-state index is 12.8. The molecule has 3 nitrogen and oxygen atoms in total. The third-order valence-corrected chi connectivity index (χ3v) is 4.75. The number of fused-ring (bicyclic) bond motifs is 3. The van der Waals surface area contributed by atoms with Crippen LogP contribution in [-0.4, -0.2) is 23.0 Å². The van der Waals surface area contributed by atoms with Crippen LogP contribution in [0.5, 0.6) is 5.75 Å². The highest BCUT2D eigenvalue weighted by molar-refractivity contribution is 5.96. The maximum Gasteiger partial charge on any atom is 0.253 e. The summed E-state index contributed by atoms with van der Waals surface area (Å²) >= 11 is 0. The molecule has 0 saturated carbocycles. The highest BCUT2D eigenvalue weighted by Crippen LogP contribution is 2.37. The van der Waals surface area contributed by atoms with Gasteiger partial charge in [0.25, 0.3) is 5.91 Å². The van der Waals surface area contributed by atoms with Crippen molar-refractivity contribution in [1.29, 1.82) is 0 Å². The van der Waals surface area contributed by atoms with Crippen LogP contribution in [0, 0.1) is 0 Å². The minimum absolute atomic E-state index is 0.000237. The van der Waals surface area contributed by atoms with Crippen LogP contribution < -0.4 is 0 Å². The smallest absolute Gasteiger partial charge is 0.253 e. The van der Waals surface area contributed by atoms with Crippen molar-refractivity contribution in [3.63, 3.8) is 0 Å². The molecular formula is C22H19NO2. The first-order chi connectivity index (χ1) is 12.1. The van der Waals surface area contributed by atoms with Crippen molar-refractivity contribution < 1.29 is 9.90 Å². The van der Waals surface area contributed by atoms with Crippen molar-refractivity contribution in [2.45, 2.75) is 13.0 Å². The van der Waals surface area contributed by atoms with Gasteiger partial charge in [-0.05, 0) is 58.5 Å². The molecule has 0 radical (unpaired) electrons. The standard InChI is InChI=1S/C22H19NO2/c1-23(14-15-6-10-19(24)11-7-15)22(25)18-9-8-17-12-16-4-2-3-5-20(16)21(17)13-18/h2-11,13,24H,12,14H2,1H3. The van der Waals surface area contributed by atoms with E-state index in [9.17, 15) is 9.90 Å². The molecule has 0 aliphatic heterocycles. The molecule has 0 unspecified atom stereocenters. The second kappa shape index (κ2) is 6.10. The molecule has 3 heteroatoms. The fraction of sp³-hybridized carbons (Fsp3) is 0.136. The molecule has 0 bridgehead atoms. The molecule has 0 fully saturated rings. The molecule has 3 aromatic carbocycles. The Labute approximate surface area is 147 Å². The first-order valence-corrected chi connectivity index (χ1v) is 8.36. The first kappa shape index (κ1) is 15.5. The molecule has 1 aliphatic rings. The van der Waals surface area contributed by atoms with Gasteiger partial charge in [-0.2, -0.15) is 0 Å². The number of aromatic hydroxyl groups is 1.